The molecule has 8 heteroatoms. The second kappa shape index (κ2) is 10.1. The van der Waals surface area contributed by atoms with Crippen molar-refractivity contribution in [2.24, 2.45) is 4.99 Å². The highest BCUT2D eigenvalue weighted by Crippen LogP contribution is 2.32. The Morgan fingerprint density at radius 2 is 1.74 bits per heavy atom. The van der Waals surface area contributed by atoms with Gasteiger partial charge >= 0.3 is 5.97 Å². The van der Waals surface area contributed by atoms with Crippen molar-refractivity contribution in [1.29, 1.82) is 0 Å². The van der Waals surface area contributed by atoms with E-state index in [4.69, 9.17) is 9.47 Å². The first kappa shape index (κ1) is 22.9. The first-order valence-electron chi connectivity index (χ1n) is 9.04. The van der Waals surface area contributed by atoms with E-state index in [1.54, 1.807) is 6.08 Å². The summed E-state index contributed by atoms with van der Waals surface area (Å²) in [7, 11) is 0. The molecule has 0 fully saturated rings. The summed E-state index contributed by atoms with van der Waals surface area (Å²) in [4.78, 5) is 16.7. The van der Waals surface area contributed by atoms with Gasteiger partial charge in [0.25, 0.3) is 0 Å². The molecule has 0 aromatic heterocycles. The molecule has 156 valence electrons. The molecule has 0 saturated heterocycles. The van der Waals surface area contributed by atoms with E-state index in [-0.39, 0.29) is 5.70 Å². The van der Waals surface area contributed by atoms with Crippen molar-refractivity contribution in [2.45, 2.75) is 6.61 Å². The molecule has 1 aliphatic heterocycles. The molecule has 0 N–H and O–H groups in total. The summed E-state index contributed by atoms with van der Waals surface area (Å²) in [6, 6.07) is 19.4. The summed E-state index contributed by atoms with van der Waals surface area (Å²) >= 11 is 11.5. The minimum Gasteiger partial charge on any atom is -0.487 e. The van der Waals surface area contributed by atoms with Gasteiger partial charge in [0.1, 0.15) is 12.4 Å². The zero-order valence-electron chi connectivity index (χ0n) is 15.7. The van der Waals surface area contributed by atoms with E-state index in [1.807, 2.05) is 60.7 Å². The predicted octanol–water partition coefficient (Wildman–Crippen LogP) is 7.34. The molecule has 31 heavy (non-hydrogen) atoms. The number of aliphatic imine (C=N–C) groups is 1. The fourth-order valence-electron chi connectivity index (χ4n) is 2.88. The fourth-order valence-corrected chi connectivity index (χ4v) is 5.80. The van der Waals surface area contributed by atoms with Crippen LogP contribution in [0.15, 0.2) is 80.3 Å². The van der Waals surface area contributed by atoms with Gasteiger partial charge in [-0.15, -0.1) is 0 Å². The first-order chi connectivity index (χ1) is 14.9. The van der Waals surface area contributed by atoms with Crippen molar-refractivity contribution in [3.05, 3.63) is 99.1 Å². The van der Waals surface area contributed by atoms with E-state index >= 15 is 0 Å². The normalized spacial score (nSPS) is 14.5. The van der Waals surface area contributed by atoms with Gasteiger partial charge in [0.2, 0.25) is 5.90 Å². The Morgan fingerprint density at radius 3 is 2.45 bits per heavy atom. The van der Waals surface area contributed by atoms with Gasteiger partial charge in [0.05, 0.1) is 7.14 Å². The highest BCUT2D eigenvalue weighted by atomic mass is 127. The summed E-state index contributed by atoms with van der Waals surface area (Å²) in [6.07, 6.45) is 1.73. The lowest BCUT2D eigenvalue weighted by Crippen LogP contribution is -2.05. The maximum Gasteiger partial charge on any atom is 0.363 e. The van der Waals surface area contributed by atoms with Gasteiger partial charge in [-0.05, 0) is 93.2 Å². The molecule has 0 aliphatic carbocycles. The Bertz CT molecular complexity index is 1220. The number of ether oxygens (including phenoxy) is 2. The molecule has 0 saturated carbocycles. The summed E-state index contributed by atoms with van der Waals surface area (Å²) in [6.45, 7) is 0.459. The van der Waals surface area contributed by atoms with E-state index in [2.05, 4.69) is 82.0 Å². The Balaban J connectivity index is 1.57. The maximum absolute atomic E-state index is 12.3. The van der Waals surface area contributed by atoms with Crippen molar-refractivity contribution >= 4 is 95.0 Å². The van der Waals surface area contributed by atoms with Crippen LogP contribution < -0.4 is 4.74 Å². The molecule has 4 rings (SSSR count). The quantitative estimate of drug-likeness (QED) is 0.155. The van der Waals surface area contributed by atoms with Crippen LogP contribution in [-0.4, -0.2) is 11.9 Å². The number of rotatable bonds is 5. The number of esters is 1. The van der Waals surface area contributed by atoms with Crippen LogP contribution in [0, 0.1) is 7.14 Å². The molecule has 0 radical (unpaired) electrons. The number of hydrogen-bond acceptors (Lipinski definition) is 4. The highest BCUT2D eigenvalue weighted by molar-refractivity contribution is 14.1. The zero-order chi connectivity index (χ0) is 22.0. The van der Waals surface area contributed by atoms with Gasteiger partial charge in [-0.25, -0.2) is 9.79 Å². The van der Waals surface area contributed by atoms with E-state index in [0.29, 0.717) is 12.5 Å². The van der Waals surface area contributed by atoms with Gasteiger partial charge in [-0.3, -0.25) is 0 Å². The molecule has 3 aromatic carbocycles. The summed E-state index contributed by atoms with van der Waals surface area (Å²) in [5.41, 5.74) is 2.94. The lowest BCUT2D eigenvalue weighted by Gasteiger charge is -2.12. The monoisotopic (exact) mass is 763 g/mol. The van der Waals surface area contributed by atoms with Crippen molar-refractivity contribution in [1.82, 2.24) is 0 Å². The lowest BCUT2D eigenvalue weighted by molar-refractivity contribution is -0.129. The number of halogens is 4. The second-order valence-electron chi connectivity index (χ2n) is 6.54. The third-order valence-corrected chi connectivity index (χ3v) is 7.22. The average molecular weight is 765 g/mol. The third-order valence-electron chi connectivity index (χ3n) is 4.35. The number of carbonyl (C=O) groups excluding carboxylic acids is 1. The van der Waals surface area contributed by atoms with E-state index in [0.717, 1.165) is 38.5 Å². The number of cyclic esters (lactones) is 1. The number of carbonyl (C=O) groups is 1. The zero-order valence-corrected chi connectivity index (χ0v) is 23.2. The molecule has 3 aromatic rings. The van der Waals surface area contributed by atoms with Crippen LogP contribution in [-0.2, 0) is 16.1 Å². The van der Waals surface area contributed by atoms with Crippen molar-refractivity contribution < 1.29 is 14.3 Å². The first-order valence-corrected chi connectivity index (χ1v) is 12.8. The minimum absolute atomic E-state index is 0.267. The molecule has 0 amide bonds. The Morgan fingerprint density at radius 1 is 1.00 bits per heavy atom. The van der Waals surface area contributed by atoms with Crippen LogP contribution in [0.25, 0.3) is 6.08 Å². The van der Waals surface area contributed by atoms with Crippen LogP contribution in [0.1, 0.15) is 16.7 Å². The van der Waals surface area contributed by atoms with Crippen molar-refractivity contribution in [3.8, 4) is 5.75 Å². The number of hydrogen-bond donors (Lipinski definition) is 0. The lowest BCUT2D eigenvalue weighted by atomic mass is 10.2. The van der Waals surface area contributed by atoms with Gasteiger partial charge in [0.15, 0.2) is 5.70 Å². The molecule has 0 spiro atoms. The van der Waals surface area contributed by atoms with Gasteiger partial charge in [0, 0.05) is 20.1 Å². The molecule has 1 aliphatic rings. The van der Waals surface area contributed by atoms with E-state index < -0.39 is 5.97 Å². The van der Waals surface area contributed by atoms with Crippen LogP contribution in [0.4, 0.5) is 0 Å². The minimum atomic E-state index is -0.464. The largest absolute Gasteiger partial charge is 0.487 e. The van der Waals surface area contributed by atoms with Gasteiger partial charge < -0.3 is 9.47 Å². The number of benzene rings is 3. The van der Waals surface area contributed by atoms with Crippen molar-refractivity contribution in [3.63, 3.8) is 0 Å². The Hall–Kier alpha value is -1.24. The van der Waals surface area contributed by atoms with Crippen LogP contribution in [0.5, 0.6) is 5.75 Å². The second-order valence-corrected chi connectivity index (χ2v) is 10.6. The molecule has 1 heterocycles. The topological polar surface area (TPSA) is 47.9 Å². The van der Waals surface area contributed by atoms with Crippen LogP contribution in [0.3, 0.4) is 0 Å². The molecular formula is C23H13Br2I2NO3. The third kappa shape index (κ3) is 5.58. The maximum atomic E-state index is 12.3. The van der Waals surface area contributed by atoms with Crippen molar-refractivity contribution in [2.75, 3.05) is 0 Å². The van der Waals surface area contributed by atoms with E-state index in [1.165, 1.54) is 0 Å². The summed E-state index contributed by atoms with van der Waals surface area (Å²) < 4.78 is 15.2. The predicted molar refractivity (Wildman–Crippen MR) is 145 cm³/mol. The van der Waals surface area contributed by atoms with Gasteiger partial charge in [-0.1, -0.05) is 56.1 Å². The fraction of sp³-hybridized carbons (Fsp3) is 0.0435. The molecule has 0 atom stereocenters. The molecular weight excluding hydrogens is 752 g/mol. The van der Waals surface area contributed by atoms with Crippen LogP contribution in [0.2, 0.25) is 0 Å². The summed E-state index contributed by atoms with van der Waals surface area (Å²) in [5.74, 6) is 0.649. The SMILES string of the molecule is O=C1OC(c2cccc(Br)c2)=N/C1=C/c1cc(I)c(OCc2ccccc2Br)c(I)c1. The van der Waals surface area contributed by atoms with Crippen LogP contribution >= 0.6 is 77.0 Å². The Labute approximate surface area is 223 Å². The smallest absolute Gasteiger partial charge is 0.363 e. The molecule has 4 nitrogen and oxygen atoms in total. The Kier molecular flexibility index (Phi) is 7.50. The highest BCUT2D eigenvalue weighted by Gasteiger charge is 2.24. The number of nitrogens with zero attached hydrogens (tertiary/aromatic N) is 1. The van der Waals surface area contributed by atoms with E-state index in [9.17, 15) is 4.79 Å². The molecule has 0 unspecified atom stereocenters. The molecule has 0 bridgehead atoms. The summed E-state index contributed by atoms with van der Waals surface area (Å²) in [5, 5.41) is 0. The average Bonchev–Trinajstić information content (AvgIpc) is 3.09. The standard InChI is InChI=1S/C23H13Br2I2NO3/c24-16-6-3-5-14(11-16)22-28-20(23(29)31-22)10-13-8-18(26)21(19(27)9-13)30-12-15-4-1-2-7-17(15)25/h1-11H,12H2/b20-10+. The van der Waals surface area contributed by atoms with Gasteiger partial charge in [-0.2, -0.15) is 0 Å².